The molecular weight excluding hydrogens is 835 g/mol. The van der Waals surface area contributed by atoms with Crippen LogP contribution in [0.4, 0.5) is 17.1 Å². The fourth-order valence-corrected chi connectivity index (χ4v) is 11.8. The number of furan rings is 1. The summed E-state index contributed by atoms with van der Waals surface area (Å²) in [5, 5.41) is 9.50. The van der Waals surface area contributed by atoms with Gasteiger partial charge >= 0.3 is 0 Å². The smallest absolute Gasteiger partial charge is 0.143 e. The van der Waals surface area contributed by atoms with Crippen molar-refractivity contribution in [2.24, 2.45) is 0 Å². The van der Waals surface area contributed by atoms with Gasteiger partial charge in [-0.05, 0) is 102 Å². The van der Waals surface area contributed by atoms with Gasteiger partial charge in [-0.3, -0.25) is 0 Å². The molecule has 322 valence electrons. The Morgan fingerprint density at radius 2 is 0.841 bits per heavy atom. The van der Waals surface area contributed by atoms with Gasteiger partial charge in [0.2, 0.25) is 0 Å². The minimum Gasteiger partial charge on any atom is -0.455 e. The molecule has 0 radical (unpaired) electrons. The fraction of sp³-hybridized carbons (Fsp3) is 0.0149. The molecule has 2 nitrogen and oxygen atoms in total. The van der Waals surface area contributed by atoms with Gasteiger partial charge in [0, 0.05) is 38.7 Å². The lowest BCUT2D eigenvalue weighted by Crippen LogP contribution is -2.28. The minimum atomic E-state index is -0.513. The number of rotatable bonds is 7. The predicted octanol–water partition coefficient (Wildman–Crippen LogP) is 18.2. The van der Waals surface area contributed by atoms with E-state index in [-0.39, 0.29) is 0 Å². The number of hydrogen-bond acceptors (Lipinski definition) is 2. The average Bonchev–Trinajstić information content (AvgIpc) is 3.96. The second-order valence-corrected chi connectivity index (χ2v) is 18.3. The lowest BCUT2D eigenvalue weighted by molar-refractivity contribution is 0.670. The van der Waals surface area contributed by atoms with Crippen LogP contribution < -0.4 is 4.90 Å². The number of para-hydroxylation sites is 2. The summed E-state index contributed by atoms with van der Waals surface area (Å²) in [6.07, 6.45) is 0. The van der Waals surface area contributed by atoms with Gasteiger partial charge < -0.3 is 9.32 Å². The summed E-state index contributed by atoms with van der Waals surface area (Å²) < 4.78 is 6.58. The third kappa shape index (κ3) is 5.86. The monoisotopic (exact) mass is 877 g/mol. The van der Waals surface area contributed by atoms with Gasteiger partial charge in [-0.25, -0.2) is 0 Å². The number of hydrogen-bond donors (Lipinski definition) is 0. The van der Waals surface area contributed by atoms with Crippen LogP contribution in [0.3, 0.4) is 0 Å². The highest BCUT2D eigenvalue weighted by Gasteiger charge is 2.46. The molecular formula is C67H43NO. The molecule has 0 aliphatic heterocycles. The largest absolute Gasteiger partial charge is 0.455 e. The summed E-state index contributed by atoms with van der Waals surface area (Å²) in [4.78, 5) is 2.53. The summed E-state index contributed by atoms with van der Waals surface area (Å²) in [7, 11) is 0. The summed E-state index contributed by atoms with van der Waals surface area (Å²) in [5.74, 6) is 0. The van der Waals surface area contributed by atoms with Crippen molar-refractivity contribution >= 4 is 71.3 Å². The molecule has 1 aliphatic carbocycles. The number of nitrogens with zero attached hydrogens (tertiary/aromatic N) is 1. The zero-order valence-corrected chi connectivity index (χ0v) is 37.7. The van der Waals surface area contributed by atoms with Gasteiger partial charge in [-0.15, -0.1) is 0 Å². The molecule has 0 amide bonds. The molecule has 2 heteroatoms. The van der Waals surface area contributed by atoms with Crippen molar-refractivity contribution in [3.8, 4) is 33.4 Å². The van der Waals surface area contributed by atoms with Crippen LogP contribution in [0.2, 0.25) is 0 Å². The molecule has 1 aliphatic rings. The summed E-state index contributed by atoms with van der Waals surface area (Å²) >= 11 is 0. The second kappa shape index (κ2) is 15.6. The molecule has 13 aromatic rings. The Morgan fingerprint density at radius 3 is 1.61 bits per heavy atom. The third-order valence-electron chi connectivity index (χ3n) is 14.7. The van der Waals surface area contributed by atoms with E-state index in [9.17, 15) is 0 Å². The predicted molar refractivity (Wildman–Crippen MR) is 289 cm³/mol. The summed E-state index contributed by atoms with van der Waals surface area (Å²) in [6.45, 7) is 0. The maximum atomic E-state index is 6.58. The van der Waals surface area contributed by atoms with Crippen LogP contribution in [-0.2, 0) is 5.41 Å². The maximum absolute atomic E-state index is 6.58. The Bertz CT molecular complexity index is 4080. The molecule has 0 unspecified atom stereocenters. The molecule has 1 heterocycles. The SMILES string of the molecule is c1ccc(C2(c3ccccc3)c3ccccc3-c3cc(N(c4ccc(-c5cccc6c5oc5ccccc56)cc4)c4c(-c5cccc6ccccc56)c5ccccc5c5ccccc45)ccc32)cc1. The number of anilines is 3. The third-order valence-corrected chi connectivity index (χ3v) is 14.7. The molecule has 0 saturated heterocycles. The lowest BCUT2D eigenvalue weighted by atomic mass is 9.68. The number of benzene rings is 12. The standard InChI is InChI=1S/C67H43NO/c1-3-21-46(22-4-1)67(47-23-5-2-6-24-47)61-35-15-13-28-54(61)60-43-49(41-42-62(60)67)68(48-39-37-45(38-40-48)51-32-18-34-59-55-29-14-16-36-63(55)69-66(51)59)65-58-31-12-10-27-53(58)52-26-9-11-30-57(52)64(65)56-33-17-20-44-19-7-8-25-50(44)56/h1-43H. The lowest BCUT2D eigenvalue weighted by Gasteiger charge is -2.34. The first-order valence-corrected chi connectivity index (χ1v) is 23.8. The molecule has 1 aromatic heterocycles. The van der Waals surface area contributed by atoms with Crippen LogP contribution in [0, 0.1) is 0 Å². The quantitative estimate of drug-likeness (QED) is 0.148. The molecule has 0 spiro atoms. The van der Waals surface area contributed by atoms with Gasteiger partial charge in [0.25, 0.3) is 0 Å². The Hall–Kier alpha value is -8.98. The van der Waals surface area contributed by atoms with E-state index < -0.39 is 5.41 Å². The van der Waals surface area contributed by atoms with Gasteiger partial charge in [0.1, 0.15) is 11.2 Å². The van der Waals surface area contributed by atoms with Crippen molar-refractivity contribution in [1.29, 1.82) is 0 Å². The van der Waals surface area contributed by atoms with E-state index in [1.54, 1.807) is 0 Å². The van der Waals surface area contributed by atoms with Crippen LogP contribution in [0.5, 0.6) is 0 Å². The molecule has 0 bridgehead atoms. The summed E-state index contributed by atoms with van der Waals surface area (Å²) in [5.41, 5.74) is 16.7. The normalized spacial score (nSPS) is 12.8. The van der Waals surface area contributed by atoms with Crippen molar-refractivity contribution < 1.29 is 4.42 Å². The highest BCUT2D eigenvalue weighted by Crippen LogP contribution is 2.58. The minimum absolute atomic E-state index is 0.513. The molecule has 0 atom stereocenters. The molecule has 0 N–H and O–H groups in total. The molecule has 12 aromatic carbocycles. The molecule has 14 rings (SSSR count). The van der Waals surface area contributed by atoms with Crippen LogP contribution in [0.25, 0.3) is 87.6 Å². The first-order valence-electron chi connectivity index (χ1n) is 23.8. The first-order chi connectivity index (χ1) is 34.3. The van der Waals surface area contributed by atoms with E-state index in [1.165, 1.54) is 76.8 Å². The second-order valence-electron chi connectivity index (χ2n) is 18.3. The Balaban J connectivity index is 1.07. The Labute approximate surface area is 400 Å². The van der Waals surface area contributed by atoms with Crippen molar-refractivity contribution in [3.63, 3.8) is 0 Å². The van der Waals surface area contributed by atoms with Crippen molar-refractivity contribution in [2.45, 2.75) is 5.41 Å². The van der Waals surface area contributed by atoms with Crippen LogP contribution in [-0.4, -0.2) is 0 Å². The highest BCUT2D eigenvalue weighted by atomic mass is 16.3. The van der Waals surface area contributed by atoms with Crippen LogP contribution in [0.15, 0.2) is 265 Å². The topological polar surface area (TPSA) is 16.4 Å². The highest BCUT2D eigenvalue weighted by molar-refractivity contribution is 6.24. The first kappa shape index (κ1) is 39.2. The van der Waals surface area contributed by atoms with E-state index in [1.807, 2.05) is 6.07 Å². The molecule has 0 fully saturated rings. The molecule has 69 heavy (non-hydrogen) atoms. The fourth-order valence-electron chi connectivity index (χ4n) is 11.8. The maximum Gasteiger partial charge on any atom is 0.143 e. The Morgan fingerprint density at radius 1 is 0.319 bits per heavy atom. The zero-order chi connectivity index (χ0) is 45.5. The molecule has 0 saturated carbocycles. The van der Waals surface area contributed by atoms with Gasteiger partial charge in [-0.1, -0.05) is 231 Å². The number of fused-ring (bicyclic) bond motifs is 10. The average molecular weight is 878 g/mol. The van der Waals surface area contributed by atoms with E-state index in [2.05, 4.69) is 260 Å². The van der Waals surface area contributed by atoms with E-state index >= 15 is 0 Å². The van der Waals surface area contributed by atoms with E-state index in [0.717, 1.165) is 50.1 Å². The van der Waals surface area contributed by atoms with E-state index in [0.29, 0.717) is 0 Å². The summed E-state index contributed by atoms with van der Waals surface area (Å²) in [6, 6.07) is 95.8. The zero-order valence-electron chi connectivity index (χ0n) is 37.7. The van der Waals surface area contributed by atoms with Gasteiger partial charge in [0.05, 0.1) is 11.1 Å². The van der Waals surface area contributed by atoms with Gasteiger partial charge in [-0.2, -0.15) is 0 Å². The van der Waals surface area contributed by atoms with E-state index in [4.69, 9.17) is 4.42 Å². The van der Waals surface area contributed by atoms with Crippen molar-refractivity contribution in [2.75, 3.05) is 4.90 Å². The van der Waals surface area contributed by atoms with Crippen molar-refractivity contribution in [1.82, 2.24) is 0 Å². The van der Waals surface area contributed by atoms with Crippen LogP contribution in [0.1, 0.15) is 22.3 Å². The van der Waals surface area contributed by atoms with Crippen molar-refractivity contribution in [3.05, 3.63) is 283 Å². The van der Waals surface area contributed by atoms with Gasteiger partial charge in [0.15, 0.2) is 0 Å². The van der Waals surface area contributed by atoms with Crippen LogP contribution >= 0.6 is 0 Å². The Kier molecular flexibility index (Phi) is 8.84.